The first-order valence-corrected chi connectivity index (χ1v) is 11.8. The molecule has 1 atom stereocenters. The van der Waals surface area contributed by atoms with Gasteiger partial charge in [0.25, 0.3) is 5.91 Å². The fourth-order valence-corrected chi connectivity index (χ4v) is 5.42. The van der Waals surface area contributed by atoms with Crippen LogP contribution >= 0.6 is 11.3 Å². The zero-order valence-corrected chi connectivity index (χ0v) is 19.4. The number of rotatable bonds is 4. The fourth-order valence-electron chi connectivity index (χ4n) is 4.54. The summed E-state index contributed by atoms with van der Waals surface area (Å²) in [6.07, 6.45) is 2.75. The highest BCUT2D eigenvalue weighted by molar-refractivity contribution is 7.22. The Labute approximate surface area is 195 Å². The summed E-state index contributed by atoms with van der Waals surface area (Å²) in [6.45, 7) is 0.655. The van der Waals surface area contributed by atoms with Crippen LogP contribution in [0.4, 0.5) is 16.5 Å². The molecule has 1 saturated heterocycles. The number of fused-ring (bicyclic) bond motifs is 4. The van der Waals surface area contributed by atoms with E-state index in [1.165, 1.54) is 21.1 Å². The second-order valence-corrected chi connectivity index (χ2v) is 9.60. The van der Waals surface area contributed by atoms with Crippen LogP contribution in [0.1, 0.15) is 29.6 Å². The molecule has 8 nitrogen and oxygen atoms in total. The SMILES string of the molecule is CN(C)C(=O)c1ccc2c(c1)N(CC(=O)Nc1nc3ccccc3s1)C(=O)[C@@H]1CCCCN21. The molecule has 1 aromatic heterocycles. The quantitative estimate of drug-likeness (QED) is 0.641. The molecule has 0 unspecified atom stereocenters. The smallest absolute Gasteiger partial charge is 0.253 e. The second kappa shape index (κ2) is 8.47. The van der Waals surface area contributed by atoms with Gasteiger partial charge in [0.1, 0.15) is 12.6 Å². The van der Waals surface area contributed by atoms with Crippen molar-refractivity contribution in [1.29, 1.82) is 0 Å². The number of para-hydroxylation sites is 1. The molecule has 2 aliphatic rings. The van der Waals surface area contributed by atoms with Crippen molar-refractivity contribution in [3.63, 3.8) is 0 Å². The van der Waals surface area contributed by atoms with Crippen LogP contribution in [-0.2, 0) is 9.59 Å². The molecule has 0 saturated carbocycles. The van der Waals surface area contributed by atoms with Gasteiger partial charge in [0, 0.05) is 26.2 Å². The molecular formula is C24H25N5O3S. The van der Waals surface area contributed by atoms with Crippen LogP contribution in [0.3, 0.4) is 0 Å². The van der Waals surface area contributed by atoms with E-state index in [1.807, 2.05) is 30.3 Å². The summed E-state index contributed by atoms with van der Waals surface area (Å²) >= 11 is 1.40. The standard InChI is InChI=1S/C24H25N5O3S/c1-27(2)22(31)15-10-11-17-19(13-15)29(23(32)18-8-5-6-12-28(17)18)14-21(30)26-24-25-16-7-3-4-9-20(16)33-24/h3-4,7,9-11,13,18H,5-6,8,12,14H2,1-2H3,(H,25,26,30)/t18-/m0/s1. The van der Waals surface area contributed by atoms with Gasteiger partial charge in [0.2, 0.25) is 11.8 Å². The number of nitrogens with zero attached hydrogens (tertiary/aromatic N) is 4. The van der Waals surface area contributed by atoms with Gasteiger partial charge in [-0.3, -0.25) is 19.3 Å². The largest absolute Gasteiger partial charge is 0.358 e. The third-order valence-corrected chi connectivity index (χ3v) is 7.08. The van der Waals surface area contributed by atoms with Crippen molar-refractivity contribution < 1.29 is 14.4 Å². The van der Waals surface area contributed by atoms with Gasteiger partial charge in [-0.2, -0.15) is 0 Å². The Hall–Kier alpha value is -3.46. The molecule has 33 heavy (non-hydrogen) atoms. The maximum absolute atomic E-state index is 13.5. The molecule has 9 heteroatoms. The second-order valence-electron chi connectivity index (χ2n) is 8.57. The van der Waals surface area contributed by atoms with Gasteiger partial charge in [-0.05, 0) is 49.6 Å². The average Bonchev–Trinajstić information content (AvgIpc) is 3.23. The first-order valence-electron chi connectivity index (χ1n) is 11.0. The van der Waals surface area contributed by atoms with Gasteiger partial charge < -0.3 is 15.1 Å². The lowest BCUT2D eigenvalue weighted by atomic mass is 9.95. The molecule has 1 fully saturated rings. The molecule has 2 aliphatic heterocycles. The molecule has 3 heterocycles. The van der Waals surface area contributed by atoms with Gasteiger partial charge in [-0.15, -0.1) is 0 Å². The van der Waals surface area contributed by atoms with Gasteiger partial charge >= 0.3 is 0 Å². The van der Waals surface area contributed by atoms with Crippen molar-refractivity contribution in [3.05, 3.63) is 48.0 Å². The van der Waals surface area contributed by atoms with Crippen LogP contribution in [0, 0.1) is 0 Å². The number of thiazole rings is 1. The number of benzene rings is 2. The lowest BCUT2D eigenvalue weighted by Gasteiger charge is -2.45. The van der Waals surface area contributed by atoms with E-state index in [0.29, 0.717) is 16.4 Å². The zero-order valence-electron chi connectivity index (χ0n) is 18.6. The lowest BCUT2D eigenvalue weighted by molar-refractivity contribution is -0.123. The molecule has 0 aliphatic carbocycles. The summed E-state index contributed by atoms with van der Waals surface area (Å²) in [5.41, 5.74) is 2.80. The summed E-state index contributed by atoms with van der Waals surface area (Å²) in [5, 5.41) is 3.35. The van der Waals surface area contributed by atoms with Gasteiger partial charge in [-0.1, -0.05) is 23.5 Å². The highest BCUT2D eigenvalue weighted by Gasteiger charge is 2.40. The number of carbonyl (C=O) groups is 3. The first kappa shape index (κ1) is 21.4. The van der Waals surface area contributed by atoms with Gasteiger partial charge in [0.15, 0.2) is 5.13 Å². The van der Waals surface area contributed by atoms with E-state index in [9.17, 15) is 14.4 Å². The van der Waals surface area contributed by atoms with Crippen molar-refractivity contribution in [2.45, 2.75) is 25.3 Å². The number of nitrogens with one attached hydrogen (secondary N) is 1. The minimum absolute atomic E-state index is 0.101. The summed E-state index contributed by atoms with van der Waals surface area (Å²) in [6, 6.07) is 12.8. The molecule has 5 rings (SSSR count). The number of carbonyl (C=O) groups excluding carboxylic acids is 3. The first-order chi connectivity index (χ1) is 15.9. The van der Waals surface area contributed by atoms with E-state index in [-0.39, 0.29) is 30.3 Å². The Morgan fingerprint density at radius 3 is 2.76 bits per heavy atom. The Balaban J connectivity index is 1.46. The van der Waals surface area contributed by atoms with Crippen molar-refractivity contribution in [2.24, 2.45) is 0 Å². The Kier molecular flexibility index (Phi) is 5.49. The van der Waals surface area contributed by atoms with Crippen molar-refractivity contribution in [1.82, 2.24) is 9.88 Å². The number of piperidine rings is 1. The fraction of sp³-hybridized carbons (Fsp3) is 0.333. The molecule has 2 aromatic carbocycles. The van der Waals surface area contributed by atoms with Gasteiger partial charge in [-0.25, -0.2) is 4.98 Å². The van der Waals surface area contributed by atoms with Crippen LogP contribution in [0.2, 0.25) is 0 Å². The van der Waals surface area contributed by atoms with E-state index < -0.39 is 0 Å². The molecule has 0 radical (unpaired) electrons. The Bertz CT molecular complexity index is 1220. The normalized spacial score (nSPS) is 17.5. The van der Waals surface area contributed by atoms with Crippen LogP contribution in [0.15, 0.2) is 42.5 Å². The summed E-state index contributed by atoms with van der Waals surface area (Å²) in [7, 11) is 3.38. The number of anilines is 3. The molecule has 170 valence electrons. The van der Waals surface area contributed by atoms with E-state index in [0.717, 1.165) is 41.7 Å². The Morgan fingerprint density at radius 2 is 1.97 bits per heavy atom. The van der Waals surface area contributed by atoms with Crippen LogP contribution < -0.4 is 15.1 Å². The van der Waals surface area contributed by atoms with Gasteiger partial charge in [0.05, 0.1) is 21.6 Å². The Morgan fingerprint density at radius 1 is 1.15 bits per heavy atom. The predicted molar refractivity (Wildman–Crippen MR) is 130 cm³/mol. The molecule has 1 N–H and O–H groups in total. The van der Waals surface area contributed by atoms with Crippen LogP contribution in [-0.4, -0.2) is 60.8 Å². The van der Waals surface area contributed by atoms with E-state index in [2.05, 4.69) is 15.2 Å². The third kappa shape index (κ3) is 3.93. The van der Waals surface area contributed by atoms with E-state index in [4.69, 9.17) is 0 Å². The predicted octanol–water partition coefficient (Wildman–Crippen LogP) is 3.34. The van der Waals surface area contributed by atoms with Crippen LogP contribution in [0.25, 0.3) is 10.2 Å². The number of hydrogen-bond acceptors (Lipinski definition) is 6. The average molecular weight is 464 g/mol. The minimum Gasteiger partial charge on any atom is -0.358 e. The molecule has 0 spiro atoms. The monoisotopic (exact) mass is 463 g/mol. The topological polar surface area (TPSA) is 85.9 Å². The maximum Gasteiger partial charge on any atom is 0.253 e. The highest BCUT2D eigenvalue weighted by atomic mass is 32.1. The highest BCUT2D eigenvalue weighted by Crippen LogP contribution is 2.40. The number of aromatic nitrogens is 1. The molecular weight excluding hydrogens is 438 g/mol. The molecule has 0 bridgehead atoms. The lowest BCUT2D eigenvalue weighted by Crippen LogP contribution is -2.56. The third-order valence-electron chi connectivity index (χ3n) is 6.12. The van der Waals surface area contributed by atoms with Crippen molar-refractivity contribution in [2.75, 3.05) is 42.3 Å². The zero-order chi connectivity index (χ0) is 23.1. The van der Waals surface area contributed by atoms with Crippen molar-refractivity contribution in [3.8, 4) is 0 Å². The summed E-state index contributed by atoms with van der Waals surface area (Å²) < 4.78 is 0.983. The number of amides is 3. The summed E-state index contributed by atoms with van der Waals surface area (Å²) in [5.74, 6) is -0.567. The van der Waals surface area contributed by atoms with E-state index in [1.54, 1.807) is 26.2 Å². The van der Waals surface area contributed by atoms with Crippen LogP contribution in [0.5, 0.6) is 0 Å². The maximum atomic E-state index is 13.5. The number of hydrogen-bond donors (Lipinski definition) is 1. The minimum atomic E-state index is -0.318. The summed E-state index contributed by atoms with van der Waals surface area (Å²) in [4.78, 5) is 48.6. The van der Waals surface area contributed by atoms with Crippen molar-refractivity contribution >= 4 is 55.8 Å². The van der Waals surface area contributed by atoms with E-state index >= 15 is 0 Å². The molecule has 3 amide bonds. The molecule has 3 aromatic rings.